The number of nitrogens with two attached hydrogens (primary N) is 1. The van der Waals surface area contributed by atoms with E-state index < -0.39 is 6.10 Å². The van der Waals surface area contributed by atoms with Crippen LogP contribution in [0.4, 0.5) is 5.69 Å². The number of hydrogen-bond acceptors (Lipinski definition) is 2. The van der Waals surface area contributed by atoms with Gasteiger partial charge in [-0.2, -0.15) is 0 Å². The molecule has 0 aliphatic heterocycles. The molecular weight excluding hydrogens is 289 g/mol. The molecule has 14 heavy (non-hydrogen) atoms. The summed E-state index contributed by atoms with van der Waals surface area (Å²) in [5, 5.41) is 11.1. The summed E-state index contributed by atoms with van der Waals surface area (Å²) < 4.78 is 0. The van der Waals surface area contributed by atoms with E-state index in [2.05, 4.69) is 15.9 Å². The van der Waals surface area contributed by atoms with Crippen LogP contribution in [0.15, 0.2) is 12.1 Å². The Morgan fingerprint density at radius 1 is 1.36 bits per heavy atom. The summed E-state index contributed by atoms with van der Waals surface area (Å²) in [7, 11) is 0. The molecule has 3 N–H and O–H groups in total. The second kappa shape index (κ2) is 5.21. The Labute approximate surface area is 101 Å². The van der Waals surface area contributed by atoms with Gasteiger partial charge in [0.1, 0.15) is 0 Å². The molecule has 78 valence electrons. The number of benzene rings is 1. The summed E-state index contributed by atoms with van der Waals surface area (Å²) in [6.45, 7) is 0. The summed E-state index contributed by atoms with van der Waals surface area (Å²) in [6.07, 6.45) is 0.0429. The molecule has 0 radical (unpaired) electrons. The van der Waals surface area contributed by atoms with Gasteiger partial charge in [0.2, 0.25) is 0 Å². The third-order valence-corrected chi connectivity index (χ3v) is 2.95. The highest BCUT2D eigenvalue weighted by molar-refractivity contribution is 9.09. The molecule has 1 rings (SSSR count). The number of rotatable bonds is 3. The van der Waals surface area contributed by atoms with Crippen LogP contribution >= 0.6 is 39.1 Å². The highest BCUT2D eigenvalue weighted by atomic mass is 79.9. The largest absolute Gasteiger partial charge is 0.396 e. The Hall–Kier alpha value is 0.0400. The molecule has 1 unspecified atom stereocenters. The number of alkyl halides is 1. The molecule has 0 amide bonds. The Balaban J connectivity index is 3.00. The summed E-state index contributed by atoms with van der Waals surface area (Å²) in [5.41, 5.74) is 6.61. The van der Waals surface area contributed by atoms with Crippen molar-refractivity contribution in [1.29, 1.82) is 0 Å². The van der Waals surface area contributed by atoms with Gasteiger partial charge < -0.3 is 10.8 Å². The van der Waals surface area contributed by atoms with Gasteiger partial charge in [-0.05, 0) is 24.1 Å². The minimum atomic E-state index is -0.565. The van der Waals surface area contributed by atoms with Crippen LogP contribution in [0.2, 0.25) is 10.0 Å². The van der Waals surface area contributed by atoms with E-state index in [1.807, 2.05) is 0 Å². The van der Waals surface area contributed by atoms with Crippen molar-refractivity contribution in [3.63, 3.8) is 0 Å². The summed E-state index contributed by atoms with van der Waals surface area (Å²) in [4.78, 5) is 0. The van der Waals surface area contributed by atoms with Crippen LogP contribution in [0, 0.1) is 0 Å². The van der Waals surface area contributed by atoms with Crippen LogP contribution in [0.25, 0.3) is 0 Å². The first kappa shape index (κ1) is 12.1. The Morgan fingerprint density at radius 3 is 2.29 bits per heavy atom. The standard InChI is InChI=1S/C9H10BrCl2NO/c10-2-1-8(14)5-3-6(11)9(13)7(12)4-5/h3-4,8,14H,1-2,13H2. The van der Waals surface area contributed by atoms with E-state index in [9.17, 15) is 5.11 Å². The maximum atomic E-state index is 9.67. The molecule has 0 aliphatic rings. The minimum Gasteiger partial charge on any atom is -0.396 e. The molecule has 5 heteroatoms. The maximum absolute atomic E-state index is 9.67. The number of aliphatic hydroxyl groups is 1. The Morgan fingerprint density at radius 2 is 1.86 bits per heavy atom. The van der Waals surface area contributed by atoms with Crippen molar-refractivity contribution in [2.24, 2.45) is 0 Å². The monoisotopic (exact) mass is 297 g/mol. The first-order valence-electron chi connectivity index (χ1n) is 4.04. The second-order valence-electron chi connectivity index (χ2n) is 2.89. The van der Waals surface area contributed by atoms with Crippen molar-refractivity contribution >= 4 is 44.8 Å². The molecule has 2 nitrogen and oxygen atoms in total. The quantitative estimate of drug-likeness (QED) is 0.664. The predicted molar refractivity (Wildman–Crippen MR) is 64.2 cm³/mol. The second-order valence-corrected chi connectivity index (χ2v) is 4.50. The molecule has 1 atom stereocenters. The van der Waals surface area contributed by atoms with Crippen molar-refractivity contribution in [3.8, 4) is 0 Å². The van der Waals surface area contributed by atoms with Crippen LogP contribution in [0.3, 0.4) is 0 Å². The lowest BCUT2D eigenvalue weighted by Gasteiger charge is -2.11. The van der Waals surface area contributed by atoms with Crippen LogP contribution in [-0.2, 0) is 0 Å². The molecule has 1 aromatic rings. The van der Waals surface area contributed by atoms with E-state index in [-0.39, 0.29) is 0 Å². The van der Waals surface area contributed by atoms with Gasteiger partial charge >= 0.3 is 0 Å². The molecule has 0 saturated carbocycles. The predicted octanol–water partition coefficient (Wildman–Crippen LogP) is 3.39. The van der Waals surface area contributed by atoms with Gasteiger partial charge in [0.05, 0.1) is 21.8 Å². The van der Waals surface area contributed by atoms with Crippen LogP contribution in [0.1, 0.15) is 18.1 Å². The molecule has 0 bridgehead atoms. The smallest absolute Gasteiger partial charge is 0.0799 e. The first-order valence-corrected chi connectivity index (χ1v) is 5.92. The lowest BCUT2D eigenvalue weighted by atomic mass is 10.1. The Bertz CT molecular complexity index is 310. The molecule has 0 heterocycles. The van der Waals surface area contributed by atoms with Crippen LogP contribution in [0.5, 0.6) is 0 Å². The molecule has 0 aromatic heterocycles. The third-order valence-electron chi connectivity index (χ3n) is 1.87. The average Bonchev–Trinajstić information content (AvgIpc) is 2.13. The Kier molecular flexibility index (Phi) is 4.51. The fraction of sp³-hybridized carbons (Fsp3) is 0.333. The number of hydrogen-bond donors (Lipinski definition) is 2. The van der Waals surface area contributed by atoms with Gasteiger partial charge in [0.15, 0.2) is 0 Å². The van der Waals surface area contributed by atoms with E-state index in [1.165, 1.54) is 0 Å². The van der Waals surface area contributed by atoms with Gasteiger partial charge in [-0.3, -0.25) is 0 Å². The van der Waals surface area contributed by atoms with Gasteiger partial charge in [0, 0.05) is 5.33 Å². The van der Waals surface area contributed by atoms with Crippen molar-refractivity contribution in [3.05, 3.63) is 27.7 Å². The number of halogens is 3. The summed E-state index contributed by atoms with van der Waals surface area (Å²) in [5.74, 6) is 0. The summed E-state index contributed by atoms with van der Waals surface area (Å²) in [6, 6.07) is 3.27. The first-order chi connectivity index (χ1) is 6.56. The number of anilines is 1. The van der Waals surface area contributed by atoms with E-state index in [0.29, 0.717) is 33.0 Å². The van der Waals surface area contributed by atoms with Crippen molar-refractivity contribution in [2.45, 2.75) is 12.5 Å². The maximum Gasteiger partial charge on any atom is 0.0799 e. The average molecular weight is 299 g/mol. The fourth-order valence-corrected chi connectivity index (χ4v) is 2.00. The SMILES string of the molecule is Nc1c(Cl)cc(C(O)CCBr)cc1Cl. The van der Waals surface area contributed by atoms with E-state index in [0.717, 1.165) is 0 Å². The minimum absolute atomic E-state index is 0.350. The summed E-state index contributed by atoms with van der Waals surface area (Å²) >= 11 is 14.9. The molecule has 0 spiro atoms. The van der Waals surface area contributed by atoms with E-state index >= 15 is 0 Å². The highest BCUT2D eigenvalue weighted by Gasteiger charge is 2.11. The molecule has 0 aliphatic carbocycles. The molecular formula is C9H10BrCl2NO. The molecule has 1 aromatic carbocycles. The molecule has 0 saturated heterocycles. The van der Waals surface area contributed by atoms with Crippen LogP contribution in [-0.4, -0.2) is 10.4 Å². The van der Waals surface area contributed by atoms with Crippen molar-refractivity contribution in [2.75, 3.05) is 11.1 Å². The third kappa shape index (κ3) is 2.76. The van der Waals surface area contributed by atoms with Crippen molar-refractivity contribution in [1.82, 2.24) is 0 Å². The fourth-order valence-electron chi connectivity index (χ4n) is 1.07. The van der Waals surface area contributed by atoms with Gasteiger partial charge in [-0.25, -0.2) is 0 Å². The van der Waals surface area contributed by atoms with Gasteiger partial charge in [-0.1, -0.05) is 39.1 Å². The van der Waals surface area contributed by atoms with Crippen LogP contribution < -0.4 is 5.73 Å². The number of aliphatic hydroxyl groups excluding tert-OH is 1. The zero-order valence-corrected chi connectivity index (χ0v) is 10.4. The lowest BCUT2D eigenvalue weighted by molar-refractivity contribution is 0.175. The highest BCUT2D eigenvalue weighted by Crippen LogP contribution is 2.32. The zero-order valence-electron chi connectivity index (χ0n) is 7.30. The lowest BCUT2D eigenvalue weighted by Crippen LogP contribution is -1.99. The van der Waals surface area contributed by atoms with Crippen molar-refractivity contribution < 1.29 is 5.11 Å². The zero-order chi connectivity index (χ0) is 10.7. The van der Waals surface area contributed by atoms with E-state index in [4.69, 9.17) is 28.9 Å². The van der Waals surface area contributed by atoms with Gasteiger partial charge in [0.25, 0.3) is 0 Å². The number of nitrogen functional groups attached to an aromatic ring is 1. The van der Waals surface area contributed by atoms with E-state index in [1.54, 1.807) is 12.1 Å². The normalized spacial score (nSPS) is 12.9. The topological polar surface area (TPSA) is 46.2 Å². The van der Waals surface area contributed by atoms with Gasteiger partial charge in [-0.15, -0.1) is 0 Å². The molecule has 0 fully saturated rings.